The highest BCUT2D eigenvalue weighted by Gasteiger charge is 2.36. The normalized spacial score (nSPS) is 13.3. The molecule has 4 nitrogen and oxygen atoms in total. The summed E-state index contributed by atoms with van der Waals surface area (Å²) in [4.78, 5) is 12.4. The maximum atomic E-state index is 12.4. The van der Waals surface area contributed by atoms with E-state index in [1.54, 1.807) is 6.07 Å². The lowest BCUT2D eigenvalue weighted by molar-refractivity contribution is -0.355. The summed E-state index contributed by atoms with van der Waals surface area (Å²) in [5.41, 5.74) is 1.12. The van der Waals surface area contributed by atoms with Crippen LogP contribution in [0.25, 0.3) is 0 Å². The number of benzene rings is 2. The van der Waals surface area contributed by atoms with Crippen LogP contribution in [0.3, 0.4) is 0 Å². The van der Waals surface area contributed by atoms with Crippen molar-refractivity contribution in [3.63, 3.8) is 0 Å². The van der Waals surface area contributed by atoms with Gasteiger partial charge in [-0.3, -0.25) is 4.79 Å². The van der Waals surface area contributed by atoms with Crippen molar-refractivity contribution in [2.24, 2.45) is 0 Å². The smallest absolute Gasteiger partial charge is 0.273 e. The number of nitriles is 1. The van der Waals surface area contributed by atoms with Crippen molar-refractivity contribution < 1.29 is 9.53 Å². The molecule has 0 aromatic heterocycles. The number of ketones is 1. The molecule has 3 rings (SSSR count). The molecule has 0 spiro atoms. The van der Waals surface area contributed by atoms with Gasteiger partial charge in [0.15, 0.2) is 0 Å². The second-order valence-corrected chi connectivity index (χ2v) is 5.26. The van der Waals surface area contributed by atoms with E-state index in [1.807, 2.05) is 6.07 Å². The van der Waals surface area contributed by atoms with Gasteiger partial charge >= 0.3 is 0 Å². The van der Waals surface area contributed by atoms with E-state index in [9.17, 15) is 10.0 Å². The zero-order valence-electron chi connectivity index (χ0n) is 10.4. The standard InChI is InChI=1S/C15H6Cl2N2O2/c16-11-3-2-9(6-12(11)17)14-15(20)10-5-8(7-18)1-4-13(10)19(14)21/h1-6H. The fourth-order valence-corrected chi connectivity index (χ4v) is 2.49. The minimum absolute atomic E-state index is 0.0290. The molecule has 102 valence electrons. The third-order valence-corrected chi connectivity index (χ3v) is 3.94. The van der Waals surface area contributed by atoms with E-state index in [4.69, 9.17) is 28.5 Å². The topological polar surface area (TPSA) is 66.9 Å². The van der Waals surface area contributed by atoms with Crippen LogP contribution < -0.4 is 0 Å². The van der Waals surface area contributed by atoms with Gasteiger partial charge in [-0.1, -0.05) is 23.2 Å². The molecule has 0 radical (unpaired) electrons. The predicted molar refractivity (Wildman–Crippen MR) is 79.3 cm³/mol. The summed E-state index contributed by atoms with van der Waals surface area (Å²) in [6.07, 6.45) is 0. The van der Waals surface area contributed by atoms with Crippen molar-refractivity contribution in [3.05, 3.63) is 68.3 Å². The predicted octanol–water partition coefficient (Wildman–Crippen LogP) is 3.69. The van der Waals surface area contributed by atoms with Crippen LogP contribution in [0.15, 0.2) is 36.4 Å². The molecule has 0 atom stereocenters. The molecule has 2 aromatic rings. The summed E-state index contributed by atoms with van der Waals surface area (Å²) >= 11 is 11.8. The molecule has 0 unspecified atom stereocenters. The van der Waals surface area contributed by atoms with E-state index < -0.39 is 5.78 Å². The first-order valence-electron chi connectivity index (χ1n) is 5.91. The fraction of sp³-hybridized carbons (Fsp3) is 0. The second-order valence-electron chi connectivity index (χ2n) is 4.44. The molecular weight excluding hydrogens is 311 g/mol. The Balaban J connectivity index is 2.17. The number of carbonyl (C=O) groups is 1. The lowest BCUT2D eigenvalue weighted by Gasteiger charge is -2.03. The Kier molecular flexibility index (Phi) is 3.17. The van der Waals surface area contributed by atoms with Gasteiger partial charge in [0.25, 0.3) is 11.5 Å². The largest absolute Gasteiger partial charge is 0.618 e. The average Bonchev–Trinajstić information content (AvgIpc) is 2.73. The van der Waals surface area contributed by atoms with Gasteiger partial charge < -0.3 is 5.21 Å². The molecule has 6 heteroatoms. The number of carbonyl (C=O) groups excluding carboxylic acids is 1. The van der Waals surface area contributed by atoms with Crippen LogP contribution in [-0.4, -0.2) is 16.2 Å². The number of rotatable bonds is 1. The SMILES string of the molecule is N#Cc1ccc2c(c1)C(=O)C(c1ccc(Cl)c(Cl)c1)=[N+]2[O-]. The summed E-state index contributed by atoms with van der Waals surface area (Å²) in [6.45, 7) is 0. The molecule has 1 heterocycles. The molecule has 0 saturated carbocycles. The van der Waals surface area contributed by atoms with Gasteiger partial charge in [0, 0.05) is 6.07 Å². The first-order chi connectivity index (χ1) is 10.0. The molecular formula is C15H6Cl2N2O2. The summed E-state index contributed by atoms with van der Waals surface area (Å²) in [5, 5.41) is 21.8. The molecule has 1 aliphatic rings. The van der Waals surface area contributed by atoms with E-state index in [0.29, 0.717) is 20.9 Å². The lowest BCUT2D eigenvalue weighted by atomic mass is 10.0. The average molecular weight is 317 g/mol. The van der Waals surface area contributed by atoms with Gasteiger partial charge in [0.1, 0.15) is 5.56 Å². The maximum Gasteiger partial charge on any atom is 0.273 e. The fourth-order valence-electron chi connectivity index (χ4n) is 2.20. The number of hydrogen-bond acceptors (Lipinski definition) is 3. The van der Waals surface area contributed by atoms with Gasteiger partial charge in [-0.15, -0.1) is 0 Å². The lowest BCUT2D eigenvalue weighted by Crippen LogP contribution is -2.16. The monoisotopic (exact) mass is 316 g/mol. The number of Topliss-reactive ketones (excluding diaryl/α,β-unsaturated/α-hetero) is 1. The van der Waals surface area contributed by atoms with Crippen molar-refractivity contribution >= 4 is 40.4 Å². The third kappa shape index (κ3) is 2.07. The highest BCUT2D eigenvalue weighted by molar-refractivity contribution is 6.52. The van der Waals surface area contributed by atoms with Crippen LogP contribution in [0, 0.1) is 16.5 Å². The minimum atomic E-state index is -0.435. The Bertz CT molecular complexity index is 866. The van der Waals surface area contributed by atoms with Gasteiger partial charge in [-0.25, -0.2) is 0 Å². The van der Waals surface area contributed by atoms with Crippen molar-refractivity contribution in [2.75, 3.05) is 0 Å². The molecule has 0 amide bonds. The Morgan fingerprint density at radius 1 is 1.10 bits per heavy atom. The van der Waals surface area contributed by atoms with Crippen LogP contribution in [0.2, 0.25) is 10.0 Å². The number of fused-ring (bicyclic) bond motifs is 1. The van der Waals surface area contributed by atoms with Crippen LogP contribution in [0.4, 0.5) is 5.69 Å². The third-order valence-electron chi connectivity index (χ3n) is 3.20. The molecule has 0 bridgehead atoms. The van der Waals surface area contributed by atoms with Crippen LogP contribution in [0.5, 0.6) is 0 Å². The van der Waals surface area contributed by atoms with Gasteiger partial charge in [0.2, 0.25) is 5.69 Å². The summed E-state index contributed by atoms with van der Waals surface area (Å²) in [6, 6.07) is 10.9. The van der Waals surface area contributed by atoms with Gasteiger partial charge in [0.05, 0.1) is 27.2 Å². The Labute approximate surface area is 130 Å². The van der Waals surface area contributed by atoms with Crippen molar-refractivity contribution in [1.29, 1.82) is 5.26 Å². The molecule has 0 saturated heterocycles. The Morgan fingerprint density at radius 2 is 1.86 bits per heavy atom. The first kappa shape index (κ1) is 13.6. The van der Waals surface area contributed by atoms with Gasteiger partial charge in [-0.05, 0) is 30.3 Å². The maximum absolute atomic E-state index is 12.4. The van der Waals surface area contributed by atoms with Crippen molar-refractivity contribution in [3.8, 4) is 6.07 Å². The Morgan fingerprint density at radius 3 is 2.52 bits per heavy atom. The molecule has 0 aliphatic carbocycles. The number of hydrogen-bond donors (Lipinski definition) is 0. The minimum Gasteiger partial charge on any atom is -0.618 e. The number of nitrogens with zero attached hydrogens (tertiary/aromatic N) is 2. The molecule has 0 fully saturated rings. The van der Waals surface area contributed by atoms with Crippen LogP contribution >= 0.6 is 23.2 Å². The van der Waals surface area contributed by atoms with E-state index in [0.717, 1.165) is 0 Å². The summed E-state index contributed by atoms with van der Waals surface area (Å²) in [7, 11) is 0. The molecule has 1 aliphatic heterocycles. The number of halogens is 2. The highest BCUT2D eigenvalue weighted by Crippen LogP contribution is 2.30. The summed E-state index contributed by atoms with van der Waals surface area (Å²) < 4.78 is 0.554. The van der Waals surface area contributed by atoms with E-state index in [-0.39, 0.29) is 22.0 Å². The quantitative estimate of drug-likeness (QED) is 0.595. The van der Waals surface area contributed by atoms with Crippen molar-refractivity contribution in [2.45, 2.75) is 0 Å². The zero-order valence-corrected chi connectivity index (χ0v) is 11.9. The van der Waals surface area contributed by atoms with E-state index in [2.05, 4.69) is 0 Å². The molecule has 2 aromatic carbocycles. The first-order valence-corrected chi connectivity index (χ1v) is 6.67. The van der Waals surface area contributed by atoms with E-state index in [1.165, 1.54) is 30.3 Å². The van der Waals surface area contributed by atoms with Crippen LogP contribution in [-0.2, 0) is 0 Å². The van der Waals surface area contributed by atoms with E-state index >= 15 is 0 Å². The molecule has 21 heavy (non-hydrogen) atoms. The second kappa shape index (κ2) is 4.88. The summed E-state index contributed by atoms with van der Waals surface area (Å²) in [5.74, 6) is -0.435. The zero-order chi connectivity index (χ0) is 15.1. The highest BCUT2D eigenvalue weighted by atomic mass is 35.5. The molecule has 0 N–H and O–H groups in total. The van der Waals surface area contributed by atoms with Crippen LogP contribution in [0.1, 0.15) is 21.5 Å². The van der Waals surface area contributed by atoms with Crippen molar-refractivity contribution in [1.82, 2.24) is 0 Å². The van der Waals surface area contributed by atoms with Gasteiger partial charge in [-0.2, -0.15) is 10.0 Å². The Hall–Kier alpha value is -2.35.